The number of aliphatic imine (C=N–C) groups is 1. The predicted molar refractivity (Wildman–Crippen MR) is 110 cm³/mol. The first-order valence-corrected chi connectivity index (χ1v) is 10.2. The molecular weight excluding hydrogens is 308 g/mol. The maximum Gasteiger partial charge on any atom is 0.217 e. The van der Waals surface area contributed by atoms with Gasteiger partial charge in [0, 0.05) is 18.7 Å². The number of unbranched alkanes of at least 4 members (excludes halogenated alkanes) is 3. The summed E-state index contributed by atoms with van der Waals surface area (Å²) in [6.07, 6.45) is 12.2. The van der Waals surface area contributed by atoms with Crippen LogP contribution >= 0.6 is 0 Å². The van der Waals surface area contributed by atoms with Crippen molar-refractivity contribution in [1.82, 2.24) is 4.90 Å². The van der Waals surface area contributed by atoms with Crippen LogP contribution in [0.3, 0.4) is 0 Å². The minimum Gasteiger partial charge on any atom is -0.481 e. The fraction of sp³-hybridized carbons (Fsp3) is 0.773. The molecule has 1 heterocycles. The molecule has 1 aliphatic rings. The first-order chi connectivity index (χ1) is 12.0. The maximum absolute atomic E-state index is 5.55. The quantitative estimate of drug-likeness (QED) is 0.431. The van der Waals surface area contributed by atoms with Crippen molar-refractivity contribution in [2.75, 3.05) is 20.2 Å². The third-order valence-corrected chi connectivity index (χ3v) is 4.84. The van der Waals surface area contributed by atoms with Gasteiger partial charge in [-0.15, -0.1) is 0 Å². The van der Waals surface area contributed by atoms with Crippen molar-refractivity contribution < 1.29 is 4.74 Å². The molecule has 0 N–H and O–H groups in total. The van der Waals surface area contributed by atoms with E-state index in [-0.39, 0.29) is 0 Å². The number of allylic oxidation sites excluding steroid dienone is 2. The van der Waals surface area contributed by atoms with Gasteiger partial charge in [-0.3, -0.25) is 0 Å². The average molecular weight is 349 g/mol. The highest BCUT2D eigenvalue weighted by Gasteiger charge is 2.15. The van der Waals surface area contributed by atoms with Gasteiger partial charge in [0.25, 0.3) is 0 Å². The molecule has 0 aromatic heterocycles. The van der Waals surface area contributed by atoms with Crippen LogP contribution in [0.1, 0.15) is 86.0 Å². The van der Waals surface area contributed by atoms with Crippen LogP contribution in [0, 0.1) is 5.92 Å². The van der Waals surface area contributed by atoms with Gasteiger partial charge >= 0.3 is 0 Å². The Morgan fingerprint density at radius 3 is 2.48 bits per heavy atom. The molecule has 0 amide bonds. The van der Waals surface area contributed by atoms with E-state index in [1.165, 1.54) is 37.7 Å². The smallest absolute Gasteiger partial charge is 0.217 e. The van der Waals surface area contributed by atoms with E-state index in [2.05, 4.69) is 45.6 Å². The number of hydrogen-bond donors (Lipinski definition) is 0. The molecule has 0 unspecified atom stereocenters. The summed E-state index contributed by atoms with van der Waals surface area (Å²) in [6.45, 7) is 13.4. The number of methoxy groups -OCH3 is 1. The van der Waals surface area contributed by atoms with Crippen LogP contribution in [-0.4, -0.2) is 31.0 Å². The zero-order chi connectivity index (χ0) is 18.7. The SMILES string of the molecule is CCCN(CCCCCCC(C)C)C1=C(/C)CCC=C(C)/C(OC)=N\1. The van der Waals surface area contributed by atoms with Gasteiger partial charge in [0.1, 0.15) is 5.82 Å². The van der Waals surface area contributed by atoms with Crippen molar-refractivity contribution in [3.8, 4) is 0 Å². The number of ether oxygens (including phenoxy) is 1. The number of rotatable bonds is 10. The lowest BCUT2D eigenvalue weighted by Gasteiger charge is -2.27. The molecule has 25 heavy (non-hydrogen) atoms. The third-order valence-electron chi connectivity index (χ3n) is 4.84. The molecule has 1 rings (SSSR count). The zero-order valence-electron chi connectivity index (χ0n) is 17.5. The molecule has 0 aliphatic carbocycles. The van der Waals surface area contributed by atoms with Crippen LogP contribution in [0.5, 0.6) is 0 Å². The highest BCUT2D eigenvalue weighted by molar-refractivity contribution is 5.93. The van der Waals surface area contributed by atoms with Crippen molar-refractivity contribution in [2.45, 2.75) is 86.0 Å². The maximum atomic E-state index is 5.55. The molecule has 3 heteroatoms. The van der Waals surface area contributed by atoms with Gasteiger partial charge in [0.15, 0.2) is 0 Å². The number of nitrogens with zero attached hydrogens (tertiary/aromatic N) is 2. The minimum atomic E-state index is 0.770. The topological polar surface area (TPSA) is 24.8 Å². The summed E-state index contributed by atoms with van der Waals surface area (Å²) in [6, 6.07) is 0. The predicted octanol–water partition coefficient (Wildman–Crippen LogP) is 6.32. The Labute approximate surface area is 156 Å². The van der Waals surface area contributed by atoms with Gasteiger partial charge in [-0.05, 0) is 51.0 Å². The molecule has 0 atom stereocenters. The molecule has 0 radical (unpaired) electrons. The van der Waals surface area contributed by atoms with Crippen molar-refractivity contribution >= 4 is 5.90 Å². The lowest BCUT2D eigenvalue weighted by Crippen LogP contribution is -2.27. The molecule has 0 bridgehead atoms. The van der Waals surface area contributed by atoms with Crippen molar-refractivity contribution in [3.05, 3.63) is 23.0 Å². The molecule has 0 spiro atoms. The van der Waals surface area contributed by atoms with Crippen molar-refractivity contribution in [2.24, 2.45) is 10.9 Å². The minimum absolute atomic E-state index is 0.770. The van der Waals surface area contributed by atoms with Gasteiger partial charge in [0.2, 0.25) is 5.90 Å². The molecule has 0 aromatic rings. The molecule has 0 saturated carbocycles. The Morgan fingerprint density at radius 1 is 1.12 bits per heavy atom. The van der Waals surface area contributed by atoms with Crippen LogP contribution in [0.25, 0.3) is 0 Å². The fourth-order valence-electron chi connectivity index (χ4n) is 3.33. The van der Waals surface area contributed by atoms with Crippen LogP contribution in [0.4, 0.5) is 0 Å². The second-order valence-electron chi connectivity index (χ2n) is 7.73. The van der Waals surface area contributed by atoms with Gasteiger partial charge in [-0.25, -0.2) is 0 Å². The Morgan fingerprint density at radius 2 is 1.84 bits per heavy atom. The summed E-state index contributed by atoms with van der Waals surface area (Å²) in [7, 11) is 1.73. The monoisotopic (exact) mass is 348 g/mol. The van der Waals surface area contributed by atoms with E-state index in [0.717, 1.165) is 55.6 Å². The molecule has 144 valence electrons. The average Bonchev–Trinajstić information content (AvgIpc) is 2.56. The third kappa shape index (κ3) is 8.11. The highest BCUT2D eigenvalue weighted by atomic mass is 16.5. The van der Waals surface area contributed by atoms with Crippen LogP contribution in [-0.2, 0) is 4.74 Å². The lowest BCUT2D eigenvalue weighted by molar-refractivity contribution is 0.320. The molecule has 0 aromatic carbocycles. The molecule has 1 aliphatic heterocycles. The Bertz CT molecular complexity index is 474. The van der Waals surface area contributed by atoms with E-state index < -0.39 is 0 Å². The summed E-state index contributed by atoms with van der Waals surface area (Å²) in [5, 5.41) is 0. The first kappa shape index (κ1) is 21.8. The highest BCUT2D eigenvalue weighted by Crippen LogP contribution is 2.22. The first-order valence-electron chi connectivity index (χ1n) is 10.2. The van der Waals surface area contributed by atoms with E-state index in [1.54, 1.807) is 7.11 Å². The van der Waals surface area contributed by atoms with E-state index in [4.69, 9.17) is 9.73 Å². The fourth-order valence-corrected chi connectivity index (χ4v) is 3.33. The Balaban J connectivity index is 2.72. The molecule has 3 nitrogen and oxygen atoms in total. The molecule has 0 fully saturated rings. The molecule has 0 saturated heterocycles. The second-order valence-corrected chi connectivity index (χ2v) is 7.73. The van der Waals surface area contributed by atoms with E-state index in [9.17, 15) is 0 Å². The summed E-state index contributed by atoms with van der Waals surface area (Å²) < 4.78 is 5.55. The second kappa shape index (κ2) is 12.2. The van der Waals surface area contributed by atoms with Gasteiger partial charge < -0.3 is 9.64 Å². The van der Waals surface area contributed by atoms with Crippen LogP contribution < -0.4 is 0 Å². The number of hydrogen-bond acceptors (Lipinski definition) is 3. The van der Waals surface area contributed by atoms with Gasteiger partial charge in [-0.1, -0.05) is 52.5 Å². The van der Waals surface area contributed by atoms with E-state index in [0.29, 0.717) is 0 Å². The normalized spacial score (nSPS) is 20.6. The van der Waals surface area contributed by atoms with E-state index in [1.807, 2.05) is 0 Å². The molecular formula is C22H40N2O. The van der Waals surface area contributed by atoms with Gasteiger partial charge in [-0.2, -0.15) is 4.99 Å². The van der Waals surface area contributed by atoms with Crippen molar-refractivity contribution in [3.63, 3.8) is 0 Å². The summed E-state index contributed by atoms with van der Waals surface area (Å²) in [4.78, 5) is 7.39. The Kier molecular flexibility index (Phi) is 10.6. The summed E-state index contributed by atoms with van der Waals surface area (Å²) >= 11 is 0. The van der Waals surface area contributed by atoms with Gasteiger partial charge in [0.05, 0.1) is 7.11 Å². The Hall–Kier alpha value is -1.25. The summed E-state index contributed by atoms with van der Waals surface area (Å²) in [5.41, 5.74) is 2.53. The standard InChI is InChI=1S/C22H40N2O/c1-7-16-24(17-11-9-8-10-13-18(2)3)21-19(4)14-12-15-20(5)22(23-21)25-6/h15,18H,7-14,16-17H2,1-6H3/b20-15?,21-19-,23-22+. The summed E-state index contributed by atoms with van der Waals surface area (Å²) in [5.74, 6) is 2.75. The largest absolute Gasteiger partial charge is 0.481 e. The van der Waals surface area contributed by atoms with E-state index >= 15 is 0 Å². The van der Waals surface area contributed by atoms with Crippen LogP contribution in [0.15, 0.2) is 28.0 Å². The zero-order valence-corrected chi connectivity index (χ0v) is 17.5. The van der Waals surface area contributed by atoms with Crippen molar-refractivity contribution in [1.29, 1.82) is 0 Å². The van der Waals surface area contributed by atoms with Crippen LogP contribution in [0.2, 0.25) is 0 Å². The lowest BCUT2D eigenvalue weighted by atomic mass is 10.0.